The number of rotatable bonds is 34. The second-order valence-electron chi connectivity index (χ2n) is 28.4. The molecule has 0 aromatic heterocycles. The maximum atomic E-state index is 12.2. The molecule has 107 heavy (non-hydrogen) atoms. The lowest BCUT2D eigenvalue weighted by atomic mass is 9.89. The van der Waals surface area contributed by atoms with Crippen LogP contribution in [0.15, 0.2) is 0 Å². The van der Waals surface area contributed by atoms with Crippen LogP contribution in [0.2, 0.25) is 6.32 Å². The minimum Gasteiger partial charge on any atom is -0.383 e. The highest BCUT2D eigenvalue weighted by atomic mass is 31.2. The first-order valence-electron chi connectivity index (χ1n) is 37.9. The Kier molecular flexibility index (Phi) is 50.3. The van der Waals surface area contributed by atoms with E-state index >= 15 is 0 Å². The summed E-state index contributed by atoms with van der Waals surface area (Å²) in [5.74, 6) is -0.0182. The SMILES string of the molecule is COC[C@H]1OC[C@@H](C)C[C@H]1OP(C)(=O)O.[B]CC(=O)N(CCC)CC(=O)NC.[B][C@@H]1O[C@@]2(CC)CO[C@H]1C2NP(C)(=O)CC.[B][C@@H]1O[C@H](CC)C(OP(C)(=O)CC)[C@@H]1OC.[B][C@@H]1O[C@H](CC)C(OP(C)(=O)CC)[C@@H]1OCCOC.[B][C@H]1CC(NP(C)(=O)CC)[C@@H](CC)O1.[B][C@H]1CC(OP(C)(=O)CC)[C@@H](CC)O1. The van der Waals surface area contributed by atoms with Gasteiger partial charge in [-0.3, -0.25) is 38.0 Å². The van der Waals surface area contributed by atoms with Gasteiger partial charge in [-0.25, -0.2) is 0 Å². The first-order chi connectivity index (χ1) is 49.9. The van der Waals surface area contributed by atoms with E-state index in [1.165, 1.54) is 11.6 Å². The fraction of sp³-hybridized carbons (Fsp3) is 0.970. The molecule has 4 N–H and O–H groups in total. The molecule has 0 spiro atoms. The van der Waals surface area contributed by atoms with Gasteiger partial charge in [-0.2, -0.15) is 0 Å². The van der Waals surface area contributed by atoms with Gasteiger partial charge >= 0.3 is 7.60 Å². The van der Waals surface area contributed by atoms with Gasteiger partial charge in [-0.1, -0.05) is 83.1 Å². The Labute approximate surface area is 651 Å². The van der Waals surface area contributed by atoms with Crippen molar-refractivity contribution in [2.75, 3.05) is 145 Å². The van der Waals surface area contributed by atoms with Gasteiger partial charge in [0.05, 0.1) is 89.6 Å². The molecule has 7 aliphatic rings. The number of methoxy groups -OCH3 is 3. The van der Waals surface area contributed by atoms with Crippen molar-refractivity contribution in [1.29, 1.82) is 0 Å². The molecule has 2 bridgehead atoms. The second-order valence-corrected chi connectivity index (χ2v) is 45.0. The number of nitrogens with one attached hydrogen (secondary N) is 3. The molecule has 0 saturated carbocycles. The van der Waals surface area contributed by atoms with E-state index in [0.717, 1.165) is 51.4 Å². The van der Waals surface area contributed by atoms with Gasteiger partial charge in [0, 0.05) is 148 Å². The van der Waals surface area contributed by atoms with Crippen LogP contribution in [0.3, 0.4) is 0 Å². The summed E-state index contributed by atoms with van der Waals surface area (Å²) in [6.07, 6.45) is 7.35. The summed E-state index contributed by atoms with van der Waals surface area (Å²) in [5, 5.41) is 8.86. The molecule has 7 fully saturated rings. The summed E-state index contributed by atoms with van der Waals surface area (Å²) in [4.78, 5) is 32.8. The van der Waals surface area contributed by atoms with Gasteiger partial charge in [-0.15, -0.1) is 0 Å². The van der Waals surface area contributed by atoms with Crippen LogP contribution in [0.1, 0.15) is 141 Å². The minimum absolute atomic E-state index is 0.00447. The average molecular weight is 1630 g/mol. The van der Waals surface area contributed by atoms with Crippen LogP contribution in [0.25, 0.3) is 0 Å². The Morgan fingerprint density at radius 3 is 1.51 bits per heavy atom. The summed E-state index contributed by atoms with van der Waals surface area (Å²) in [5.41, 5.74) is -0.384. The molecule has 7 rings (SSSR count). The van der Waals surface area contributed by atoms with Crippen LogP contribution in [0, 0.1) is 5.92 Å². The fourth-order valence-corrected chi connectivity index (χ4v) is 18.0. The van der Waals surface area contributed by atoms with Crippen molar-refractivity contribution in [3.05, 3.63) is 0 Å². The van der Waals surface area contributed by atoms with Gasteiger partial charge in [0.15, 0.2) is 22.1 Å². The zero-order chi connectivity index (χ0) is 82.1. The number of ether oxygens (including phenoxy) is 11. The van der Waals surface area contributed by atoms with Crippen molar-refractivity contribution in [3.63, 3.8) is 0 Å². The number of nitrogens with zero attached hydrogens (tertiary/aromatic N) is 1. The monoisotopic (exact) mass is 1630 g/mol. The number of carbonyl (C=O) groups excluding carboxylic acids is 2. The van der Waals surface area contributed by atoms with Crippen molar-refractivity contribution in [2.24, 2.45) is 5.92 Å². The molecule has 40 heteroatoms. The lowest BCUT2D eigenvalue weighted by molar-refractivity contribution is -0.134. The van der Waals surface area contributed by atoms with E-state index in [2.05, 4.69) is 22.4 Å². The van der Waals surface area contributed by atoms with Crippen molar-refractivity contribution < 1.29 is 112 Å². The topological polar surface area (TPSA) is 335 Å². The number of likely N-dealkylation sites (N-methyl/N-ethyl adjacent to an activating group) is 1. The van der Waals surface area contributed by atoms with Gasteiger partial charge in [0.1, 0.15) is 89.9 Å². The molecule has 0 aliphatic carbocycles. The molecule has 11 unspecified atom stereocenters. The van der Waals surface area contributed by atoms with Crippen LogP contribution < -0.4 is 15.5 Å². The third kappa shape index (κ3) is 37.4. The van der Waals surface area contributed by atoms with Crippen molar-refractivity contribution in [2.45, 2.75) is 268 Å². The van der Waals surface area contributed by atoms with Crippen LogP contribution >= 0.6 is 44.3 Å². The first kappa shape index (κ1) is 105. The van der Waals surface area contributed by atoms with Gasteiger partial charge < -0.3 is 94.4 Å². The van der Waals surface area contributed by atoms with Crippen molar-refractivity contribution in [1.82, 2.24) is 20.4 Å². The largest absolute Gasteiger partial charge is 0.383 e. The number of amides is 2. The number of hydrogen-bond donors (Lipinski definition) is 4. The smallest absolute Gasteiger partial charge is 0.325 e. The van der Waals surface area contributed by atoms with Crippen LogP contribution in [0.5, 0.6) is 0 Å². The van der Waals surface area contributed by atoms with Gasteiger partial charge in [0.25, 0.3) is 0 Å². The maximum absolute atomic E-state index is 12.2. The lowest BCUT2D eigenvalue weighted by Gasteiger charge is -2.34. The molecule has 28 nitrogen and oxygen atoms in total. The number of fused-ring (bicyclic) bond motifs is 2. The summed E-state index contributed by atoms with van der Waals surface area (Å²) in [6.45, 7) is 36.3. The highest BCUT2D eigenvalue weighted by Crippen LogP contribution is 2.51. The maximum Gasteiger partial charge on any atom is 0.325 e. The summed E-state index contributed by atoms with van der Waals surface area (Å²) in [6, 6.07) is -1.80. The van der Waals surface area contributed by atoms with E-state index in [9.17, 15) is 41.9 Å². The number of carbonyl (C=O) groups is 2. The standard InChI is InChI=1S/C12H24BO5P.C10H19BNO3P.C10H20BO4P.C9H19BNO2P.C9H18BO3P.C9H19O5P.C8H15BN2O2/c1-5-9-10(18-19(4,14)6-2)11(12(13)17-9)16-8-7-15-3;1-4-10-6-14-7(9(11)15-10)8(10)12-16(3,13)5-2;1-5-7-8(15-16(4,12)6-2)9(13-3)10(11)14-7;1-4-8-7(6-9(10)13-8)11-14(3,12)5-2;1-4-7-8(6-9(10)12-7)13-14(3,11)5-2;1-7-4-8(14-15(3,10)11)9(6-12-2)13-5-7;1-3-4-11(8(13)5-9)6-7(12)10-2/h9-12H,5-8H2,1-4H3;7-9H,4-6H2,1-3H3,(H,12,13);7-10H,5-6H2,1-4H3;7-9H,4-6H2,1-3H3,(H,11,12);7-9H,4-6H2,1-3H3;7-9H,4-6H2,1-3H3,(H,10,11);3-6H2,1-2H3,(H,10,12)/t9-,10?,11+,12-,19?;2*7-,8?,9+,10-,16?;7?,8-,9-,14?;7-,8?,9-,14?;7-,8+,9+;/m101110./s1. The molecule has 2 amide bonds. The Bertz CT molecular complexity index is 2780. The summed E-state index contributed by atoms with van der Waals surface area (Å²) < 4.78 is 153. The molecular formula is C67H134B6N4O24P6. The van der Waals surface area contributed by atoms with Gasteiger partial charge in [0.2, 0.25) is 11.8 Å². The molecule has 0 aromatic rings. The van der Waals surface area contributed by atoms with Crippen LogP contribution in [-0.2, 0) is 107 Å². The Hall–Kier alpha value is -0.0104. The van der Waals surface area contributed by atoms with Gasteiger partial charge in [-0.05, 0) is 70.0 Å². The normalized spacial score (nSPS) is 34.6. The molecule has 27 atom stereocenters. The molecule has 0 aromatic carbocycles. The first-order valence-corrected chi connectivity index (χ1v) is 51.4. The zero-order valence-corrected chi connectivity index (χ0v) is 73.9. The Morgan fingerprint density at radius 1 is 0.570 bits per heavy atom. The van der Waals surface area contributed by atoms with E-state index in [1.54, 1.807) is 61.7 Å². The molecule has 7 heterocycles. The molecule has 614 valence electrons. The highest BCUT2D eigenvalue weighted by Gasteiger charge is 2.59. The van der Waals surface area contributed by atoms with E-state index in [0.29, 0.717) is 82.7 Å². The minimum atomic E-state index is -3.46. The summed E-state index contributed by atoms with van der Waals surface area (Å²) >= 11 is 0. The Morgan fingerprint density at radius 2 is 1.07 bits per heavy atom. The van der Waals surface area contributed by atoms with Crippen molar-refractivity contribution >= 4 is 103 Å². The quantitative estimate of drug-likeness (QED) is 0.0266. The average Bonchev–Trinajstić information content (AvgIpc) is 1.58. The molecule has 7 saturated heterocycles. The van der Waals surface area contributed by atoms with Crippen molar-refractivity contribution in [3.8, 4) is 0 Å². The zero-order valence-electron chi connectivity index (χ0n) is 68.5. The lowest BCUT2D eigenvalue weighted by Crippen LogP contribution is -2.47. The van der Waals surface area contributed by atoms with E-state index < -0.39 is 68.4 Å². The number of hydrogen-bond acceptors (Lipinski definition) is 23. The fourth-order valence-electron chi connectivity index (χ4n) is 12.2. The third-order valence-electron chi connectivity index (χ3n) is 19.2. The molecular weight excluding hydrogens is 1500 g/mol. The predicted octanol–water partition coefficient (Wildman–Crippen LogP) is 8.57. The second kappa shape index (κ2) is 51.2. The third-order valence-corrected chi connectivity index (χ3v) is 29.5. The molecule has 7 aliphatic heterocycles. The predicted molar refractivity (Wildman–Crippen MR) is 430 cm³/mol. The van der Waals surface area contributed by atoms with E-state index in [1.807, 2.05) is 76.2 Å². The van der Waals surface area contributed by atoms with Crippen LogP contribution in [-0.4, -0.2) is 335 Å². The highest BCUT2D eigenvalue weighted by molar-refractivity contribution is 7.61. The molecule has 12 radical (unpaired) electrons. The Balaban J connectivity index is 0.000000626. The van der Waals surface area contributed by atoms with Crippen LogP contribution in [0.4, 0.5) is 0 Å². The van der Waals surface area contributed by atoms with E-state index in [-0.39, 0.29) is 122 Å². The van der Waals surface area contributed by atoms with E-state index in [4.69, 9.17) is 117 Å². The summed E-state index contributed by atoms with van der Waals surface area (Å²) in [7, 11) is 24.8.